The molecule has 3 aromatic carbocycles. The molecule has 1 amide bonds. The Bertz CT molecular complexity index is 1190. The van der Waals surface area contributed by atoms with Crippen LogP contribution in [-0.4, -0.2) is 26.7 Å². The van der Waals surface area contributed by atoms with E-state index in [1.54, 1.807) is 18.2 Å². The standard InChI is InChI=1S/C21H16Cl2N4OS/c1-13-2-6-16(11-18(13)23)27-25-19-9-5-15(10-20(19)26-27)24-21(28)12-29-17-7-3-14(22)4-8-17/h2-11H,12H2,1H3,(H,24,28). The minimum Gasteiger partial charge on any atom is -0.325 e. The number of fused-ring (bicyclic) bond motifs is 1. The molecule has 1 heterocycles. The first-order valence-corrected chi connectivity index (χ1v) is 10.5. The maximum absolute atomic E-state index is 12.3. The fourth-order valence-corrected chi connectivity index (χ4v) is 3.69. The highest BCUT2D eigenvalue weighted by atomic mass is 35.5. The third-order valence-electron chi connectivity index (χ3n) is 4.23. The van der Waals surface area contributed by atoms with Crippen molar-refractivity contribution >= 4 is 57.6 Å². The van der Waals surface area contributed by atoms with E-state index < -0.39 is 0 Å². The summed E-state index contributed by atoms with van der Waals surface area (Å²) < 4.78 is 0. The van der Waals surface area contributed by atoms with Crippen LogP contribution in [0.5, 0.6) is 0 Å². The van der Waals surface area contributed by atoms with Crippen LogP contribution in [0.1, 0.15) is 5.56 Å². The van der Waals surface area contributed by atoms with Crippen molar-refractivity contribution in [2.75, 3.05) is 11.1 Å². The largest absolute Gasteiger partial charge is 0.325 e. The molecule has 4 rings (SSSR count). The zero-order valence-electron chi connectivity index (χ0n) is 15.4. The second-order valence-corrected chi connectivity index (χ2v) is 8.31. The molecule has 5 nitrogen and oxygen atoms in total. The van der Waals surface area contributed by atoms with Gasteiger partial charge >= 0.3 is 0 Å². The van der Waals surface area contributed by atoms with Gasteiger partial charge in [0, 0.05) is 20.6 Å². The van der Waals surface area contributed by atoms with E-state index in [4.69, 9.17) is 23.2 Å². The van der Waals surface area contributed by atoms with Crippen molar-refractivity contribution in [2.24, 2.45) is 0 Å². The summed E-state index contributed by atoms with van der Waals surface area (Å²) >= 11 is 13.5. The molecule has 4 aromatic rings. The van der Waals surface area contributed by atoms with Gasteiger partial charge in [-0.05, 0) is 67.1 Å². The number of hydrogen-bond acceptors (Lipinski definition) is 4. The number of aromatic nitrogens is 3. The van der Waals surface area contributed by atoms with Crippen LogP contribution in [0.25, 0.3) is 16.7 Å². The van der Waals surface area contributed by atoms with Crippen LogP contribution in [0.2, 0.25) is 10.0 Å². The van der Waals surface area contributed by atoms with Gasteiger partial charge < -0.3 is 5.32 Å². The van der Waals surface area contributed by atoms with E-state index in [0.29, 0.717) is 27.0 Å². The van der Waals surface area contributed by atoms with Gasteiger partial charge in [-0.25, -0.2) is 0 Å². The Morgan fingerprint density at radius 1 is 1.00 bits per heavy atom. The zero-order chi connectivity index (χ0) is 20.4. The van der Waals surface area contributed by atoms with Gasteiger partial charge in [0.05, 0.1) is 11.4 Å². The van der Waals surface area contributed by atoms with Gasteiger partial charge in [-0.3, -0.25) is 4.79 Å². The van der Waals surface area contributed by atoms with Gasteiger partial charge in [0.25, 0.3) is 0 Å². The number of anilines is 1. The average Bonchev–Trinajstić information content (AvgIpc) is 3.13. The van der Waals surface area contributed by atoms with Crippen molar-refractivity contribution < 1.29 is 4.79 Å². The number of rotatable bonds is 5. The Balaban J connectivity index is 1.46. The highest BCUT2D eigenvalue weighted by Crippen LogP contribution is 2.23. The second-order valence-electron chi connectivity index (χ2n) is 6.42. The number of nitrogens with zero attached hydrogens (tertiary/aromatic N) is 3. The summed E-state index contributed by atoms with van der Waals surface area (Å²) in [5.41, 5.74) is 3.86. The Morgan fingerprint density at radius 3 is 2.52 bits per heavy atom. The van der Waals surface area contributed by atoms with Crippen molar-refractivity contribution in [3.63, 3.8) is 0 Å². The smallest absolute Gasteiger partial charge is 0.234 e. The minimum atomic E-state index is -0.0954. The fraction of sp³-hybridized carbons (Fsp3) is 0.0952. The molecule has 0 saturated carbocycles. The molecule has 0 aliphatic carbocycles. The average molecular weight is 443 g/mol. The Morgan fingerprint density at radius 2 is 1.76 bits per heavy atom. The van der Waals surface area contributed by atoms with Crippen molar-refractivity contribution in [1.82, 2.24) is 15.0 Å². The zero-order valence-corrected chi connectivity index (χ0v) is 17.7. The topological polar surface area (TPSA) is 59.8 Å². The van der Waals surface area contributed by atoms with Gasteiger partial charge in [0.1, 0.15) is 11.0 Å². The maximum atomic E-state index is 12.3. The molecule has 0 saturated heterocycles. The lowest BCUT2D eigenvalue weighted by molar-refractivity contribution is -0.113. The van der Waals surface area contributed by atoms with Crippen LogP contribution in [0.3, 0.4) is 0 Å². The molecule has 0 aliphatic rings. The van der Waals surface area contributed by atoms with Crippen LogP contribution in [0.15, 0.2) is 65.6 Å². The van der Waals surface area contributed by atoms with Crippen LogP contribution in [0, 0.1) is 6.92 Å². The molecular formula is C21H16Cl2N4OS. The Kier molecular flexibility index (Phi) is 5.76. The summed E-state index contributed by atoms with van der Waals surface area (Å²) in [7, 11) is 0. The molecular weight excluding hydrogens is 427 g/mol. The number of hydrogen-bond donors (Lipinski definition) is 1. The summed E-state index contributed by atoms with van der Waals surface area (Å²) in [4.78, 5) is 14.8. The number of amides is 1. The van der Waals surface area contributed by atoms with E-state index in [-0.39, 0.29) is 5.91 Å². The summed E-state index contributed by atoms with van der Waals surface area (Å²) in [6.45, 7) is 1.94. The van der Waals surface area contributed by atoms with Gasteiger partial charge in [-0.2, -0.15) is 4.80 Å². The van der Waals surface area contributed by atoms with Crippen LogP contribution in [0.4, 0.5) is 5.69 Å². The molecule has 0 bridgehead atoms. The van der Waals surface area contributed by atoms with Gasteiger partial charge in [-0.1, -0.05) is 29.3 Å². The molecule has 146 valence electrons. The molecule has 1 aromatic heterocycles. The first-order valence-electron chi connectivity index (χ1n) is 8.80. The van der Waals surface area contributed by atoms with Crippen molar-refractivity contribution in [3.8, 4) is 5.69 Å². The summed E-state index contributed by atoms with van der Waals surface area (Å²) in [5, 5.41) is 13.2. The number of halogens is 2. The fourth-order valence-electron chi connectivity index (χ4n) is 2.69. The maximum Gasteiger partial charge on any atom is 0.234 e. The SMILES string of the molecule is Cc1ccc(-n2nc3ccc(NC(=O)CSc4ccc(Cl)cc4)cc3n2)cc1Cl. The number of aryl methyl sites for hydroxylation is 1. The molecule has 0 aliphatic heterocycles. The number of nitrogens with one attached hydrogen (secondary N) is 1. The number of carbonyl (C=O) groups excluding carboxylic acids is 1. The lowest BCUT2D eigenvalue weighted by atomic mass is 10.2. The van der Waals surface area contributed by atoms with E-state index in [1.807, 2.05) is 49.4 Å². The van der Waals surface area contributed by atoms with E-state index in [2.05, 4.69) is 15.5 Å². The number of carbonyl (C=O) groups is 1. The van der Waals surface area contributed by atoms with Gasteiger partial charge in [0.2, 0.25) is 5.91 Å². The monoisotopic (exact) mass is 442 g/mol. The predicted octanol–water partition coefficient (Wildman–Crippen LogP) is 5.77. The first-order chi connectivity index (χ1) is 14.0. The molecule has 0 spiro atoms. The summed E-state index contributed by atoms with van der Waals surface area (Å²) in [6.07, 6.45) is 0. The highest BCUT2D eigenvalue weighted by Gasteiger charge is 2.09. The predicted molar refractivity (Wildman–Crippen MR) is 119 cm³/mol. The van der Waals surface area contributed by atoms with Crippen LogP contribution >= 0.6 is 35.0 Å². The molecule has 0 fully saturated rings. The van der Waals surface area contributed by atoms with E-state index in [0.717, 1.165) is 21.7 Å². The minimum absolute atomic E-state index is 0.0954. The first kappa shape index (κ1) is 19.8. The van der Waals surface area contributed by atoms with Gasteiger partial charge in [-0.15, -0.1) is 22.0 Å². The van der Waals surface area contributed by atoms with Gasteiger partial charge in [0.15, 0.2) is 0 Å². The Hall–Kier alpha value is -2.54. The van der Waals surface area contributed by atoms with Crippen LogP contribution in [-0.2, 0) is 4.79 Å². The molecule has 1 N–H and O–H groups in total. The molecule has 0 unspecified atom stereocenters. The van der Waals surface area contributed by atoms with Crippen molar-refractivity contribution in [1.29, 1.82) is 0 Å². The quantitative estimate of drug-likeness (QED) is 0.398. The van der Waals surface area contributed by atoms with E-state index in [9.17, 15) is 4.79 Å². The summed E-state index contributed by atoms with van der Waals surface area (Å²) in [6, 6.07) is 18.5. The highest BCUT2D eigenvalue weighted by molar-refractivity contribution is 8.00. The van der Waals surface area contributed by atoms with E-state index in [1.165, 1.54) is 16.6 Å². The van der Waals surface area contributed by atoms with E-state index >= 15 is 0 Å². The molecule has 8 heteroatoms. The number of benzene rings is 3. The third kappa shape index (κ3) is 4.72. The molecule has 0 radical (unpaired) electrons. The van der Waals surface area contributed by atoms with Crippen molar-refractivity contribution in [2.45, 2.75) is 11.8 Å². The lowest BCUT2D eigenvalue weighted by Crippen LogP contribution is -2.13. The molecule has 29 heavy (non-hydrogen) atoms. The van der Waals surface area contributed by atoms with Crippen LogP contribution < -0.4 is 5.32 Å². The Labute approximate surface area is 182 Å². The number of thioether (sulfide) groups is 1. The molecule has 0 atom stereocenters. The normalized spacial score (nSPS) is 11.0. The summed E-state index contributed by atoms with van der Waals surface area (Å²) in [5.74, 6) is 0.204. The lowest BCUT2D eigenvalue weighted by Gasteiger charge is -2.05. The van der Waals surface area contributed by atoms with Crippen molar-refractivity contribution in [3.05, 3.63) is 76.3 Å². The third-order valence-corrected chi connectivity index (χ3v) is 5.91. The second kappa shape index (κ2) is 8.45.